The van der Waals surface area contributed by atoms with E-state index in [1.807, 2.05) is 0 Å². The molecule has 0 bridgehead atoms. The Hall–Kier alpha value is -2.12. The number of amides is 2. The first-order valence-corrected chi connectivity index (χ1v) is 7.25. The molecule has 4 nitrogen and oxygen atoms in total. The number of nitrogens with one attached hydrogen (secondary N) is 1. The van der Waals surface area contributed by atoms with E-state index >= 15 is 0 Å². The van der Waals surface area contributed by atoms with E-state index < -0.39 is 35.1 Å². The molecule has 1 N–H and O–H groups in total. The minimum absolute atomic E-state index is 0.169. The van der Waals surface area contributed by atoms with Gasteiger partial charge in [0.15, 0.2) is 0 Å². The lowest BCUT2D eigenvalue weighted by Crippen LogP contribution is -2.49. The summed E-state index contributed by atoms with van der Waals surface area (Å²) in [4.78, 5) is 25.5. The number of benzene rings is 1. The highest BCUT2D eigenvalue weighted by molar-refractivity contribution is 5.96. The smallest absolute Gasteiger partial charge is 0.354 e. The minimum Gasteiger partial charge on any atom is -0.354 e. The lowest BCUT2D eigenvalue weighted by atomic mass is 9.91. The zero-order chi connectivity index (χ0) is 16.8. The molecule has 0 aliphatic carbocycles. The van der Waals surface area contributed by atoms with Crippen molar-refractivity contribution < 1.29 is 27.2 Å². The third kappa shape index (κ3) is 2.66. The van der Waals surface area contributed by atoms with E-state index in [0.29, 0.717) is 25.5 Å². The van der Waals surface area contributed by atoms with Crippen LogP contribution in [0.2, 0.25) is 0 Å². The Morgan fingerprint density at radius 2 is 2.04 bits per heavy atom. The summed E-state index contributed by atoms with van der Waals surface area (Å²) < 4.78 is 52.5. The fourth-order valence-corrected chi connectivity index (χ4v) is 3.27. The number of hydrogen-bond donors (Lipinski definition) is 1. The zero-order valence-electron chi connectivity index (χ0n) is 12.0. The van der Waals surface area contributed by atoms with Gasteiger partial charge in [0, 0.05) is 13.1 Å². The number of fused-ring (bicyclic) bond motifs is 1. The van der Waals surface area contributed by atoms with E-state index in [9.17, 15) is 27.2 Å². The van der Waals surface area contributed by atoms with Crippen molar-refractivity contribution >= 4 is 11.8 Å². The third-order valence-corrected chi connectivity index (χ3v) is 4.40. The van der Waals surface area contributed by atoms with Crippen molar-refractivity contribution in [3.63, 3.8) is 0 Å². The molecular formula is C15H14F4N2O2. The number of nitrogens with zero attached hydrogens (tertiary/aromatic N) is 1. The second-order valence-electron chi connectivity index (χ2n) is 5.72. The molecule has 0 aromatic heterocycles. The largest absolute Gasteiger partial charge is 0.419 e. The van der Waals surface area contributed by atoms with E-state index in [0.717, 1.165) is 12.1 Å². The second kappa shape index (κ2) is 5.50. The predicted molar refractivity (Wildman–Crippen MR) is 72.0 cm³/mol. The summed E-state index contributed by atoms with van der Waals surface area (Å²) in [5.74, 6) is -2.91. The molecule has 2 atom stereocenters. The summed E-state index contributed by atoms with van der Waals surface area (Å²) in [6.07, 6.45) is -3.69. The maximum absolute atomic E-state index is 14.1. The van der Waals surface area contributed by atoms with Crippen LogP contribution < -0.4 is 5.32 Å². The van der Waals surface area contributed by atoms with Gasteiger partial charge in [-0.25, -0.2) is 4.39 Å². The van der Waals surface area contributed by atoms with Gasteiger partial charge in [-0.05, 0) is 25.0 Å². The molecule has 23 heavy (non-hydrogen) atoms. The molecule has 2 aliphatic rings. The van der Waals surface area contributed by atoms with Crippen LogP contribution in [-0.4, -0.2) is 35.8 Å². The number of alkyl halides is 3. The molecule has 0 unspecified atom stereocenters. The fraction of sp³-hybridized carbons (Fsp3) is 0.467. The number of carbonyl (C=O) groups is 2. The van der Waals surface area contributed by atoms with Crippen LogP contribution in [0.1, 0.15) is 28.8 Å². The summed E-state index contributed by atoms with van der Waals surface area (Å²) in [6.45, 7) is 0.542. The molecule has 0 saturated carbocycles. The average molecular weight is 330 g/mol. The van der Waals surface area contributed by atoms with Gasteiger partial charge >= 0.3 is 6.18 Å². The van der Waals surface area contributed by atoms with Gasteiger partial charge in [0.05, 0.1) is 23.1 Å². The summed E-state index contributed by atoms with van der Waals surface area (Å²) in [6, 6.07) is 2.23. The SMILES string of the molecule is O=C1NC[C@@H]2[C@H]1CCCN2C(=O)c1cccc(C(F)(F)F)c1F. The van der Waals surface area contributed by atoms with Crippen LogP contribution >= 0.6 is 0 Å². The molecule has 124 valence electrons. The molecular weight excluding hydrogens is 316 g/mol. The highest BCUT2D eigenvalue weighted by atomic mass is 19.4. The van der Waals surface area contributed by atoms with Crippen LogP contribution in [0.25, 0.3) is 0 Å². The Morgan fingerprint density at radius 1 is 1.30 bits per heavy atom. The van der Waals surface area contributed by atoms with Crippen LogP contribution in [0.15, 0.2) is 18.2 Å². The summed E-state index contributed by atoms with van der Waals surface area (Å²) >= 11 is 0. The molecule has 2 aliphatic heterocycles. The Labute approximate surface area is 129 Å². The number of rotatable bonds is 1. The molecule has 2 fully saturated rings. The summed E-state index contributed by atoms with van der Waals surface area (Å²) in [5, 5.41) is 2.64. The van der Waals surface area contributed by atoms with Crippen LogP contribution in [0.5, 0.6) is 0 Å². The predicted octanol–water partition coefficient (Wildman–Crippen LogP) is 2.20. The van der Waals surface area contributed by atoms with Gasteiger partial charge in [0.1, 0.15) is 5.82 Å². The molecule has 2 saturated heterocycles. The van der Waals surface area contributed by atoms with Crippen molar-refractivity contribution in [1.29, 1.82) is 0 Å². The first-order chi connectivity index (χ1) is 10.8. The Bertz CT molecular complexity index is 659. The highest BCUT2D eigenvalue weighted by Gasteiger charge is 2.44. The molecule has 0 radical (unpaired) electrons. The van der Waals surface area contributed by atoms with E-state index in [2.05, 4.69) is 5.32 Å². The van der Waals surface area contributed by atoms with Crippen molar-refractivity contribution in [2.24, 2.45) is 5.92 Å². The van der Waals surface area contributed by atoms with Gasteiger partial charge in [-0.15, -0.1) is 0 Å². The normalized spacial score (nSPS) is 24.3. The van der Waals surface area contributed by atoms with E-state index in [1.54, 1.807) is 0 Å². The highest BCUT2D eigenvalue weighted by Crippen LogP contribution is 2.34. The van der Waals surface area contributed by atoms with Gasteiger partial charge < -0.3 is 10.2 Å². The Kier molecular flexibility index (Phi) is 3.77. The lowest BCUT2D eigenvalue weighted by Gasteiger charge is -2.36. The molecule has 1 aromatic carbocycles. The van der Waals surface area contributed by atoms with Crippen LogP contribution in [0.4, 0.5) is 17.6 Å². The molecule has 2 heterocycles. The van der Waals surface area contributed by atoms with E-state index in [1.165, 1.54) is 4.90 Å². The van der Waals surface area contributed by atoms with Gasteiger partial charge in [-0.1, -0.05) is 6.07 Å². The number of carbonyl (C=O) groups excluding carboxylic acids is 2. The van der Waals surface area contributed by atoms with Crippen LogP contribution in [-0.2, 0) is 11.0 Å². The molecule has 2 amide bonds. The molecule has 3 rings (SSSR count). The number of halogens is 4. The third-order valence-electron chi connectivity index (χ3n) is 4.40. The topological polar surface area (TPSA) is 49.4 Å². The van der Waals surface area contributed by atoms with E-state index in [4.69, 9.17) is 0 Å². The molecule has 1 aromatic rings. The average Bonchev–Trinajstić information content (AvgIpc) is 2.87. The van der Waals surface area contributed by atoms with Crippen molar-refractivity contribution in [3.8, 4) is 0 Å². The first-order valence-electron chi connectivity index (χ1n) is 7.25. The van der Waals surface area contributed by atoms with Crippen LogP contribution in [0, 0.1) is 11.7 Å². The van der Waals surface area contributed by atoms with Gasteiger partial charge in [-0.3, -0.25) is 9.59 Å². The van der Waals surface area contributed by atoms with Crippen molar-refractivity contribution in [3.05, 3.63) is 35.1 Å². The number of likely N-dealkylation sites (tertiary alicyclic amines) is 1. The standard InChI is InChI=1S/C15H14F4N2O2/c16-12-9(3-1-5-10(12)15(17,18)19)14(23)21-6-2-4-8-11(21)7-20-13(8)22/h1,3,5,8,11H,2,4,6-7H2,(H,20,22)/t8-,11-/m1/s1. The number of piperidine rings is 1. The summed E-state index contributed by atoms with van der Waals surface area (Å²) in [7, 11) is 0. The fourth-order valence-electron chi connectivity index (χ4n) is 3.27. The maximum Gasteiger partial charge on any atom is 0.419 e. The maximum atomic E-state index is 14.1. The quantitative estimate of drug-likeness (QED) is 0.803. The Morgan fingerprint density at radius 3 is 2.74 bits per heavy atom. The van der Waals surface area contributed by atoms with Crippen LogP contribution in [0.3, 0.4) is 0 Å². The van der Waals surface area contributed by atoms with Crippen molar-refractivity contribution in [2.75, 3.05) is 13.1 Å². The van der Waals surface area contributed by atoms with Gasteiger partial charge in [-0.2, -0.15) is 13.2 Å². The van der Waals surface area contributed by atoms with Gasteiger partial charge in [0.2, 0.25) is 5.91 Å². The number of hydrogen-bond acceptors (Lipinski definition) is 2. The summed E-state index contributed by atoms with van der Waals surface area (Å²) in [5.41, 5.74) is -2.07. The first kappa shape index (κ1) is 15.8. The zero-order valence-corrected chi connectivity index (χ0v) is 12.0. The van der Waals surface area contributed by atoms with Gasteiger partial charge in [0.25, 0.3) is 5.91 Å². The van der Waals surface area contributed by atoms with Crippen molar-refractivity contribution in [2.45, 2.75) is 25.1 Å². The molecule has 0 spiro atoms. The minimum atomic E-state index is -4.87. The lowest BCUT2D eigenvalue weighted by molar-refractivity contribution is -0.140. The van der Waals surface area contributed by atoms with E-state index in [-0.39, 0.29) is 18.4 Å². The Balaban J connectivity index is 1.93. The monoisotopic (exact) mass is 330 g/mol. The van der Waals surface area contributed by atoms with Crippen molar-refractivity contribution in [1.82, 2.24) is 10.2 Å². The second-order valence-corrected chi connectivity index (χ2v) is 5.72. The molecule has 8 heteroatoms.